The molecule has 0 amide bonds. The molecule has 0 unspecified atom stereocenters. The SMILES string of the molecule is C#CCOc1cccc(CNC(C)(C)CC)c1.Cl. The molecule has 0 aliphatic carbocycles. The Labute approximate surface area is 117 Å². The maximum atomic E-state index is 5.39. The summed E-state index contributed by atoms with van der Waals surface area (Å²) in [6.45, 7) is 7.74. The van der Waals surface area contributed by atoms with Gasteiger partial charge in [-0.2, -0.15) is 0 Å². The van der Waals surface area contributed by atoms with Crippen molar-refractivity contribution in [2.45, 2.75) is 39.3 Å². The van der Waals surface area contributed by atoms with Crippen LogP contribution in [-0.2, 0) is 6.54 Å². The minimum Gasteiger partial charge on any atom is -0.481 e. The van der Waals surface area contributed by atoms with Gasteiger partial charge in [0.05, 0.1) is 0 Å². The lowest BCUT2D eigenvalue weighted by Gasteiger charge is -2.24. The van der Waals surface area contributed by atoms with Gasteiger partial charge < -0.3 is 10.1 Å². The second-order valence-electron chi connectivity index (χ2n) is 4.73. The predicted molar refractivity (Wildman–Crippen MR) is 79.2 cm³/mol. The summed E-state index contributed by atoms with van der Waals surface area (Å²) in [6, 6.07) is 8.02. The summed E-state index contributed by atoms with van der Waals surface area (Å²) in [5.74, 6) is 3.29. The number of terminal acetylenes is 1. The molecule has 0 aliphatic heterocycles. The predicted octanol–water partition coefficient (Wildman–Crippen LogP) is 3.40. The molecule has 1 aromatic carbocycles. The zero-order valence-electron chi connectivity index (χ0n) is 11.3. The van der Waals surface area contributed by atoms with Crippen molar-refractivity contribution < 1.29 is 4.74 Å². The topological polar surface area (TPSA) is 21.3 Å². The van der Waals surface area contributed by atoms with Crippen LogP contribution in [0.2, 0.25) is 0 Å². The van der Waals surface area contributed by atoms with Gasteiger partial charge in [0.2, 0.25) is 0 Å². The average Bonchev–Trinajstić information content (AvgIpc) is 2.35. The zero-order chi connectivity index (χ0) is 12.7. The fourth-order valence-electron chi connectivity index (χ4n) is 1.34. The smallest absolute Gasteiger partial charge is 0.148 e. The summed E-state index contributed by atoms with van der Waals surface area (Å²) in [4.78, 5) is 0. The Morgan fingerprint density at radius 1 is 1.39 bits per heavy atom. The van der Waals surface area contributed by atoms with E-state index in [0.717, 1.165) is 18.7 Å². The maximum absolute atomic E-state index is 5.39. The largest absolute Gasteiger partial charge is 0.481 e. The van der Waals surface area contributed by atoms with Crippen molar-refractivity contribution in [3.05, 3.63) is 29.8 Å². The van der Waals surface area contributed by atoms with Gasteiger partial charge in [0.25, 0.3) is 0 Å². The van der Waals surface area contributed by atoms with Crippen molar-refractivity contribution in [1.29, 1.82) is 0 Å². The second kappa shape index (κ2) is 8.02. The summed E-state index contributed by atoms with van der Waals surface area (Å²) in [7, 11) is 0. The highest BCUT2D eigenvalue weighted by Crippen LogP contribution is 2.15. The van der Waals surface area contributed by atoms with Crippen LogP contribution < -0.4 is 10.1 Å². The molecule has 3 heteroatoms. The van der Waals surface area contributed by atoms with E-state index in [4.69, 9.17) is 11.2 Å². The number of hydrogen-bond donors (Lipinski definition) is 1. The number of nitrogens with one attached hydrogen (secondary N) is 1. The molecule has 18 heavy (non-hydrogen) atoms. The molecule has 100 valence electrons. The van der Waals surface area contributed by atoms with Gasteiger partial charge in [-0.25, -0.2) is 0 Å². The molecule has 0 spiro atoms. The van der Waals surface area contributed by atoms with Crippen molar-refractivity contribution in [2.75, 3.05) is 6.61 Å². The third-order valence-corrected chi connectivity index (χ3v) is 2.88. The van der Waals surface area contributed by atoms with E-state index in [2.05, 4.69) is 38.1 Å². The highest BCUT2D eigenvalue weighted by molar-refractivity contribution is 5.85. The Balaban J connectivity index is 0.00000289. The molecule has 1 aromatic rings. The summed E-state index contributed by atoms with van der Waals surface area (Å²) in [5, 5.41) is 3.51. The lowest BCUT2D eigenvalue weighted by atomic mass is 10.0. The Kier molecular flexibility index (Phi) is 7.50. The summed E-state index contributed by atoms with van der Waals surface area (Å²) >= 11 is 0. The molecular weight excluding hydrogens is 246 g/mol. The number of benzene rings is 1. The molecule has 0 heterocycles. The molecule has 1 N–H and O–H groups in total. The Hall–Kier alpha value is -1.17. The zero-order valence-corrected chi connectivity index (χ0v) is 12.1. The summed E-state index contributed by atoms with van der Waals surface area (Å²) in [5.41, 5.74) is 1.37. The number of hydrogen-bond acceptors (Lipinski definition) is 2. The normalized spacial score (nSPS) is 10.3. The fraction of sp³-hybridized carbons (Fsp3) is 0.467. The highest BCUT2D eigenvalue weighted by Gasteiger charge is 2.13. The molecule has 0 radical (unpaired) electrons. The first-order chi connectivity index (χ1) is 8.07. The van der Waals surface area contributed by atoms with Crippen LogP contribution in [-0.4, -0.2) is 12.1 Å². The van der Waals surface area contributed by atoms with Crippen LogP contribution >= 0.6 is 12.4 Å². The molecule has 0 saturated heterocycles. The molecule has 0 fully saturated rings. The Bertz CT molecular complexity index is 396. The minimum atomic E-state index is 0. The minimum absolute atomic E-state index is 0. The van der Waals surface area contributed by atoms with Gasteiger partial charge in [0, 0.05) is 12.1 Å². The van der Waals surface area contributed by atoms with E-state index in [0.29, 0.717) is 6.61 Å². The highest BCUT2D eigenvalue weighted by atomic mass is 35.5. The molecule has 2 nitrogen and oxygen atoms in total. The average molecular weight is 268 g/mol. The van der Waals surface area contributed by atoms with E-state index >= 15 is 0 Å². The molecule has 0 aromatic heterocycles. The van der Waals surface area contributed by atoms with E-state index in [1.54, 1.807) is 0 Å². The van der Waals surface area contributed by atoms with Crippen molar-refractivity contribution in [2.24, 2.45) is 0 Å². The first-order valence-corrected chi connectivity index (χ1v) is 5.97. The van der Waals surface area contributed by atoms with Gasteiger partial charge in [-0.3, -0.25) is 0 Å². The van der Waals surface area contributed by atoms with Gasteiger partial charge in [0.15, 0.2) is 0 Å². The second-order valence-corrected chi connectivity index (χ2v) is 4.73. The maximum Gasteiger partial charge on any atom is 0.148 e. The summed E-state index contributed by atoms with van der Waals surface area (Å²) < 4.78 is 5.39. The molecule has 1 rings (SSSR count). The summed E-state index contributed by atoms with van der Waals surface area (Å²) in [6.07, 6.45) is 6.26. The molecule has 0 saturated carbocycles. The van der Waals surface area contributed by atoms with Gasteiger partial charge in [-0.05, 0) is 38.0 Å². The molecule has 0 atom stereocenters. The van der Waals surface area contributed by atoms with Crippen LogP contribution in [0.3, 0.4) is 0 Å². The van der Waals surface area contributed by atoms with Crippen molar-refractivity contribution in [3.8, 4) is 18.1 Å². The number of halogens is 1. The van der Waals surface area contributed by atoms with Gasteiger partial charge >= 0.3 is 0 Å². The van der Waals surface area contributed by atoms with E-state index in [9.17, 15) is 0 Å². The quantitative estimate of drug-likeness (QED) is 0.798. The number of ether oxygens (including phenoxy) is 1. The molecular formula is C15H22ClNO. The van der Waals surface area contributed by atoms with Gasteiger partial charge in [-0.15, -0.1) is 18.8 Å². The van der Waals surface area contributed by atoms with E-state index in [1.165, 1.54) is 5.56 Å². The number of rotatable bonds is 6. The fourth-order valence-corrected chi connectivity index (χ4v) is 1.34. The van der Waals surface area contributed by atoms with Crippen molar-refractivity contribution >= 4 is 12.4 Å². The van der Waals surface area contributed by atoms with Gasteiger partial charge in [0.1, 0.15) is 12.4 Å². The standard InChI is InChI=1S/C15H21NO.ClH/c1-5-10-17-14-9-7-8-13(11-14)12-16-15(3,4)6-2;/h1,7-9,11,16H,6,10,12H2,2-4H3;1H. The van der Waals surface area contributed by atoms with E-state index in [1.807, 2.05) is 18.2 Å². The van der Waals surface area contributed by atoms with Crippen LogP contribution in [0.4, 0.5) is 0 Å². The monoisotopic (exact) mass is 267 g/mol. The van der Waals surface area contributed by atoms with Crippen molar-refractivity contribution in [1.82, 2.24) is 5.32 Å². The lowest BCUT2D eigenvalue weighted by molar-refractivity contribution is 0.364. The first kappa shape index (κ1) is 16.8. The van der Waals surface area contributed by atoms with Crippen LogP contribution in [0.15, 0.2) is 24.3 Å². The van der Waals surface area contributed by atoms with Crippen molar-refractivity contribution in [3.63, 3.8) is 0 Å². The molecule has 0 bridgehead atoms. The third kappa shape index (κ3) is 5.95. The Morgan fingerprint density at radius 3 is 2.72 bits per heavy atom. The van der Waals surface area contributed by atoms with Crippen LogP contribution in [0.5, 0.6) is 5.75 Å². The van der Waals surface area contributed by atoms with Crippen LogP contribution in [0, 0.1) is 12.3 Å². The first-order valence-electron chi connectivity index (χ1n) is 5.97. The van der Waals surface area contributed by atoms with Crippen LogP contribution in [0.25, 0.3) is 0 Å². The Morgan fingerprint density at radius 2 is 2.11 bits per heavy atom. The van der Waals surface area contributed by atoms with Gasteiger partial charge in [-0.1, -0.05) is 25.0 Å². The molecule has 0 aliphatic rings. The van der Waals surface area contributed by atoms with Crippen LogP contribution in [0.1, 0.15) is 32.8 Å². The van der Waals surface area contributed by atoms with E-state index < -0.39 is 0 Å². The van der Waals surface area contributed by atoms with E-state index in [-0.39, 0.29) is 17.9 Å². The third-order valence-electron chi connectivity index (χ3n) is 2.88. The lowest BCUT2D eigenvalue weighted by Crippen LogP contribution is -2.37.